The van der Waals surface area contributed by atoms with Crippen molar-refractivity contribution in [3.05, 3.63) is 182 Å². The van der Waals surface area contributed by atoms with Crippen molar-refractivity contribution < 1.29 is 71.4 Å². The van der Waals surface area contributed by atoms with Crippen molar-refractivity contribution in [1.29, 1.82) is 5.26 Å². The number of benzene rings is 5. The molecule has 0 aliphatic heterocycles. The number of unbranched alkanes of at least 4 members (excludes halogenated alkanes) is 3. The smallest absolute Gasteiger partial charge is 0.343 e. The molecule has 344 valence electrons. The number of nitrogens with zero attached hydrogens (tertiary/aromatic N) is 1. The Kier molecular flexibility index (Phi) is 21.1. The van der Waals surface area contributed by atoms with Crippen LogP contribution in [-0.2, 0) is 28.6 Å². The summed E-state index contributed by atoms with van der Waals surface area (Å²) in [4.78, 5) is 69.8. The lowest BCUT2D eigenvalue weighted by Crippen LogP contribution is -2.10. The van der Waals surface area contributed by atoms with Crippen LogP contribution in [0.25, 0.3) is 0 Å². The highest BCUT2D eigenvalue weighted by atomic mass is 16.7. The third kappa shape index (κ3) is 18.7. The maximum atomic E-state index is 12.4. The number of hydrogen-bond donors (Lipinski definition) is 0. The van der Waals surface area contributed by atoms with Gasteiger partial charge in [0, 0.05) is 18.2 Å². The van der Waals surface area contributed by atoms with Gasteiger partial charge in [0.2, 0.25) is 13.6 Å². The summed E-state index contributed by atoms with van der Waals surface area (Å²) >= 11 is 0. The Morgan fingerprint density at radius 3 is 1.07 bits per heavy atom. The molecular formula is C51H45NO15. The largest absolute Gasteiger partial charge is 0.494 e. The van der Waals surface area contributed by atoms with Gasteiger partial charge in [-0.1, -0.05) is 19.7 Å². The fourth-order valence-corrected chi connectivity index (χ4v) is 5.14. The van der Waals surface area contributed by atoms with E-state index in [9.17, 15) is 28.8 Å². The van der Waals surface area contributed by atoms with Crippen LogP contribution in [0.15, 0.2) is 159 Å². The molecule has 5 rings (SSSR count). The Balaban J connectivity index is 0.000000304. The minimum absolute atomic E-state index is 0.241. The van der Waals surface area contributed by atoms with Crippen molar-refractivity contribution in [2.24, 2.45) is 0 Å². The van der Waals surface area contributed by atoms with Crippen LogP contribution < -0.4 is 28.4 Å². The molecular weight excluding hydrogens is 867 g/mol. The Bertz CT molecular complexity index is 2390. The molecule has 0 unspecified atom stereocenters. The van der Waals surface area contributed by atoms with E-state index in [1.807, 2.05) is 6.07 Å². The Hall–Kier alpha value is -8.97. The van der Waals surface area contributed by atoms with Crippen LogP contribution in [0.1, 0.15) is 62.3 Å². The van der Waals surface area contributed by atoms with Crippen molar-refractivity contribution in [3.8, 4) is 40.6 Å². The van der Waals surface area contributed by atoms with E-state index in [1.165, 1.54) is 72.8 Å². The highest BCUT2D eigenvalue weighted by Gasteiger charge is 2.13. The first-order valence-electron chi connectivity index (χ1n) is 20.3. The number of rotatable bonds is 23. The molecule has 0 bridgehead atoms. The predicted molar refractivity (Wildman–Crippen MR) is 240 cm³/mol. The summed E-state index contributed by atoms with van der Waals surface area (Å²) in [6.07, 6.45) is 6.82. The van der Waals surface area contributed by atoms with Crippen LogP contribution in [-0.4, -0.2) is 62.6 Å². The summed E-state index contributed by atoms with van der Waals surface area (Å²) in [7, 11) is 0. The van der Waals surface area contributed by atoms with Crippen LogP contribution >= 0.6 is 0 Å². The molecule has 0 radical (unpaired) electrons. The number of carbonyl (C=O) groups is 6. The average Bonchev–Trinajstić information content (AvgIpc) is 3.36. The molecule has 0 atom stereocenters. The molecule has 5 aromatic carbocycles. The molecule has 0 heterocycles. The van der Waals surface area contributed by atoms with Gasteiger partial charge in [-0.25, -0.2) is 28.8 Å². The van der Waals surface area contributed by atoms with Crippen molar-refractivity contribution >= 4 is 35.8 Å². The van der Waals surface area contributed by atoms with Crippen LogP contribution in [0.3, 0.4) is 0 Å². The first-order chi connectivity index (χ1) is 32.5. The molecule has 67 heavy (non-hydrogen) atoms. The van der Waals surface area contributed by atoms with E-state index in [2.05, 4.69) is 19.7 Å². The summed E-state index contributed by atoms with van der Waals surface area (Å²) in [5.41, 5.74) is 1.45. The zero-order valence-electron chi connectivity index (χ0n) is 36.1. The summed E-state index contributed by atoms with van der Waals surface area (Å²) in [5.74, 6) is -0.989. The van der Waals surface area contributed by atoms with Gasteiger partial charge in [0.05, 0.1) is 41.5 Å². The highest BCUT2D eigenvalue weighted by molar-refractivity contribution is 5.92. The number of carbonyl (C=O) groups excluding carboxylic acids is 6. The van der Waals surface area contributed by atoms with Gasteiger partial charge in [-0.2, -0.15) is 5.26 Å². The van der Waals surface area contributed by atoms with E-state index in [1.54, 1.807) is 48.5 Å². The number of esters is 6. The molecule has 0 fully saturated rings. The van der Waals surface area contributed by atoms with Gasteiger partial charge >= 0.3 is 35.8 Å². The Morgan fingerprint density at radius 1 is 0.403 bits per heavy atom. The standard InChI is InChI=1S/C28H22O10.C23H23NO5/c1-3-25(29)35-17-33-21-9-5-19(6-10-21)27(31)37-23-13-15-24(16-14-23)38-28(32)20-7-11-22(12-8-20)34-18-36-26(30)4-2;1-2-22(25)28-16-6-4-3-5-15-27-20-13-9-19(10-14-20)23(26)29-21-11-7-18(17-24)8-12-21/h3-16H,1-2,17-18H2;2,7-14H,1,3-6,15-16H2. The normalized spacial score (nSPS) is 9.90. The van der Waals surface area contributed by atoms with Gasteiger partial charge < -0.3 is 42.6 Å². The molecule has 5 aromatic rings. The molecule has 0 aliphatic carbocycles. The molecule has 0 saturated heterocycles. The van der Waals surface area contributed by atoms with E-state index in [0.717, 1.165) is 43.9 Å². The minimum atomic E-state index is -0.614. The fraction of sp³-hybridized carbons (Fsp3) is 0.157. The monoisotopic (exact) mass is 911 g/mol. The van der Waals surface area contributed by atoms with E-state index in [4.69, 9.17) is 47.9 Å². The lowest BCUT2D eigenvalue weighted by molar-refractivity contribution is -0.145. The summed E-state index contributed by atoms with van der Waals surface area (Å²) in [6, 6.07) is 33.1. The first kappa shape index (κ1) is 50.7. The molecule has 0 aliphatic rings. The van der Waals surface area contributed by atoms with Gasteiger partial charge in [-0.15, -0.1) is 0 Å². The van der Waals surface area contributed by atoms with Crippen molar-refractivity contribution in [3.63, 3.8) is 0 Å². The predicted octanol–water partition coefficient (Wildman–Crippen LogP) is 8.70. The van der Waals surface area contributed by atoms with E-state index < -0.39 is 35.8 Å². The van der Waals surface area contributed by atoms with E-state index in [-0.39, 0.29) is 36.2 Å². The van der Waals surface area contributed by atoms with E-state index in [0.29, 0.717) is 47.3 Å². The molecule has 0 saturated carbocycles. The highest BCUT2D eigenvalue weighted by Crippen LogP contribution is 2.22. The lowest BCUT2D eigenvalue weighted by Gasteiger charge is -2.09. The van der Waals surface area contributed by atoms with Gasteiger partial charge in [0.15, 0.2) is 0 Å². The number of ether oxygens (including phenoxy) is 9. The lowest BCUT2D eigenvalue weighted by atomic mass is 10.2. The van der Waals surface area contributed by atoms with Crippen LogP contribution in [0.5, 0.6) is 34.5 Å². The zero-order chi connectivity index (χ0) is 48.2. The van der Waals surface area contributed by atoms with Crippen LogP contribution in [0.4, 0.5) is 0 Å². The fourth-order valence-electron chi connectivity index (χ4n) is 5.14. The third-order valence-corrected chi connectivity index (χ3v) is 8.61. The van der Waals surface area contributed by atoms with Crippen molar-refractivity contribution in [1.82, 2.24) is 0 Å². The van der Waals surface area contributed by atoms with Crippen molar-refractivity contribution in [2.45, 2.75) is 25.7 Å². The second-order valence-electron chi connectivity index (χ2n) is 13.3. The molecule has 0 aromatic heterocycles. The molecule has 0 amide bonds. The van der Waals surface area contributed by atoms with Gasteiger partial charge in [0.1, 0.15) is 34.5 Å². The van der Waals surface area contributed by atoms with Crippen LogP contribution in [0, 0.1) is 11.3 Å². The van der Waals surface area contributed by atoms with Crippen LogP contribution in [0.2, 0.25) is 0 Å². The minimum Gasteiger partial charge on any atom is -0.494 e. The number of nitriles is 1. The summed E-state index contributed by atoms with van der Waals surface area (Å²) in [5, 5.41) is 8.78. The maximum absolute atomic E-state index is 12.4. The van der Waals surface area contributed by atoms with E-state index >= 15 is 0 Å². The topological polar surface area (TPSA) is 209 Å². The molecule has 16 nitrogen and oxygen atoms in total. The quantitative estimate of drug-likeness (QED) is 0.0150. The SMILES string of the molecule is C=CC(=O)OCCCCCCOc1ccc(C(=O)Oc2ccc(C#N)cc2)cc1.C=CC(=O)OCOc1ccc(C(=O)Oc2ccc(OC(=O)c3ccc(OCOC(=O)C=C)cc3)cc2)cc1. The third-order valence-electron chi connectivity index (χ3n) is 8.61. The summed E-state index contributed by atoms with van der Waals surface area (Å²) in [6.45, 7) is 10.3. The zero-order valence-corrected chi connectivity index (χ0v) is 36.1. The molecule has 0 N–H and O–H groups in total. The second kappa shape index (κ2) is 28.0. The molecule has 16 heteroatoms. The van der Waals surface area contributed by atoms with Gasteiger partial charge in [0.25, 0.3) is 0 Å². The molecule has 0 spiro atoms. The summed E-state index contributed by atoms with van der Waals surface area (Å²) < 4.78 is 46.4. The second-order valence-corrected chi connectivity index (χ2v) is 13.3. The first-order valence-corrected chi connectivity index (χ1v) is 20.3. The van der Waals surface area contributed by atoms with Gasteiger partial charge in [-0.3, -0.25) is 0 Å². The average molecular weight is 912 g/mol. The number of hydrogen-bond acceptors (Lipinski definition) is 16. The van der Waals surface area contributed by atoms with Crippen molar-refractivity contribution in [2.75, 3.05) is 26.8 Å². The Morgan fingerprint density at radius 2 is 0.716 bits per heavy atom. The Labute approximate surface area is 386 Å². The maximum Gasteiger partial charge on any atom is 0.343 e. The van der Waals surface area contributed by atoms with Gasteiger partial charge in [-0.05, 0) is 147 Å².